The Morgan fingerprint density at radius 2 is 2.25 bits per heavy atom. The van der Waals surface area contributed by atoms with Gasteiger partial charge in [0, 0.05) is 0 Å². The van der Waals surface area contributed by atoms with Crippen molar-refractivity contribution in [1.82, 2.24) is 4.90 Å². The van der Waals surface area contributed by atoms with Crippen molar-refractivity contribution < 1.29 is 18.7 Å². The first-order chi connectivity index (χ1) is 5.46. The van der Waals surface area contributed by atoms with E-state index in [-0.39, 0.29) is 6.42 Å². The average Bonchev–Trinajstić information content (AvgIpc) is 2.35. The van der Waals surface area contributed by atoms with Gasteiger partial charge in [-0.1, -0.05) is 0 Å². The van der Waals surface area contributed by atoms with Crippen molar-refractivity contribution in [2.24, 2.45) is 0 Å². The van der Waals surface area contributed by atoms with Crippen LogP contribution in [-0.4, -0.2) is 41.5 Å². The van der Waals surface area contributed by atoms with E-state index in [4.69, 9.17) is 5.11 Å². The molecule has 70 valence electrons. The number of aliphatic carboxylic acids is 1. The third-order valence-electron chi connectivity index (χ3n) is 2.22. The third-order valence-corrected chi connectivity index (χ3v) is 2.22. The average molecular weight is 179 g/mol. The van der Waals surface area contributed by atoms with Crippen LogP contribution in [0.15, 0.2) is 0 Å². The summed E-state index contributed by atoms with van der Waals surface area (Å²) in [5.41, 5.74) is 0. The molecule has 1 N–H and O–H groups in total. The van der Waals surface area contributed by atoms with Crippen LogP contribution in [-0.2, 0) is 4.79 Å². The fourth-order valence-electron chi connectivity index (χ4n) is 1.51. The quantitative estimate of drug-likeness (QED) is 0.681. The van der Waals surface area contributed by atoms with Crippen molar-refractivity contribution in [3.63, 3.8) is 0 Å². The molecule has 0 aliphatic carbocycles. The van der Waals surface area contributed by atoms with Crippen LogP contribution in [0, 0.1) is 0 Å². The first kappa shape index (κ1) is 9.38. The van der Waals surface area contributed by atoms with E-state index in [1.807, 2.05) is 0 Å². The Hall–Kier alpha value is -0.710. The van der Waals surface area contributed by atoms with Gasteiger partial charge in [-0.3, -0.25) is 4.90 Å². The molecule has 1 aliphatic heterocycles. The van der Waals surface area contributed by atoms with Gasteiger partial charge in [0.2, 0.25) is 0 Å². The number of hydrogen-bond acceptors (Lipinski definition) is 2. The SMILES string of the molecule is CN1CCCC1C(F)(F)C(=O)O. The van der Waals surface area contributed by atoms with Gasteiger partial charge < -0.3 is 5.11 Å². The number of hydrogen-bond donors (Lipinski definition) is 1. The van der Waals surface area contributed by atoms with Crippen LogP contribution in [0.2, 0.25) is 0 Å². The number of alkyl halides is 2. The first-order valence-electron chi connectivity index (χ1n) is 3.77. The van der Waals surface area contributed by atoms with E-state index in [9.17, 15) is 13.6 Å². The molecule has 0 saturated carbocycles. The van der Waals surface area contributed by atoms with Gasteiger partial charge in [0.25, 0.3) is 0 Å². The van der Waals surface area contributed by atoms with Crippen molar-refractivity contribution in [3.8, 4) is 0 Å². The van der Waals surface area contributed by atoms with Crippen molar-refractivity contribution in [3.05, 3.63) is 0 Å². The van der Waals surface area contributed by atoms with Gasteiger partial charge >= 0.3 is 11.9 Å². The molecule has 0 aromatic heterocycles. The summed E-state index contributed by atoms with van der Waals surface area (Å²) in [6, 6.07) is -1.13. The molecular formula is C7H11F2NO2. The Bertz CT molecular complexity index is 196. The summed E-state index contributed by atoms with van der Waals surface area (Å²) in [7, 11) is 1.52. The van der Waals surface area contributed by atoms with Gasteiger partial charge in [0.05, 0.1) is 6.04 Å². The van der Waals surface area contributed by atoms with Crippen LogP contribution in [0.4, 0.5) is 8.78 Å². The summed E-state index contributed by atoms with van der Waals surface area (Å²) in [6.07, 6.45) is 0.903. The lowest BCUT2D eigenvalue weighted by atomic mass is 10.1. The van der Waals surface area contributed by atoms with E-state index in [0.29, 0.717) is 13.0 Å². The maximum Gasteiger partial charge on any atom is 0.376 e. The monoisotopic (exact) mass is 179 g/mol. The fourth-order valence-corrected chi connectivity index (χ4v) is 1.51. The molecule has 0 radical (unpaired) electrons. The number of rotatable bonds is 2. The number of likely N-dealkylation sites (tertiary alicyclic amines) is 1. The van der Waals surface area contributed by atoms with E-state index >= 15 is 0 Å². The van der Waals surface area contributed by atoms with Crippen LogP contribution in [0.1, 0.15) is 12.8 Å². The molecule has 1 atom stereocenters. The summed E-state index contributed by atoms with van der Waals surface area (Å²) >= 11 is 0. The molecule has 0 aromatic carbocycles. The van der Waals surface area contributed by atoms with Crippen molar-refractivity contribution in [2.75, 3.05) is 13.6 Å². The topological polar surface area (TPSA) is 40.5 Å². The maximum atomic E-state index is 12.9. The molecule has 3 nitrogen and oxygen atoms in total. The summed E-state index contributed by atoms with van der Waals surface area (Å²) in [5, 5.41) is 8.24. The van der Waals surface area contributed by atoms with Crippen LogP contribution in [0.5, 0.6) is 0 Å². The molecule has 1 aliphatic rings. The minimum Gasteiger partial charge on any atom is -0.477 e. The third kappa shape index (κ3) is 1.41. The molecule has 0 bridgehead atoms. The minimum atomic E-state index is -3.61. The molecule has 1 fully saturated rings. The summed E-state index contributed by atoms with van der Waals surface area (Å²) in [5.74, 6) is -5.63. The standard InChI is InChI=1S/C7H11F2NO2/c1-10-4-2-3-5(10)7(8,9)6(11)12/h5H,2-4H2,1H3,(H,11,12). The Morgan fingerprint density at radius 3 is 2.58 bits per heavy atom. The predicted octanol–water partition coefficient (Wildman–Crippen LogP) is 0.800. The predicted molar refractivity (Wildman–Crippen MR) is 38.2 cm³/mol. The van der Waals surface area contributed by atoms with E-state index in [2.05, 4.69) is 0 Å². The zero-order valence-electron chi connectivity index (χ0n) is 6.76. The molecule has 1 heterocycles. The maximum absolute atomic E-state index is 12.9. The van der Waals surface area contributed by atoms with Crippen LogP contribution >= 0.6 is 0 Å². The first-order valence-corrected chi connectivity index (χ1v) is 3.77. The second-order valence-electron chi connectivity index (χ2n) is 3.07. The highest BCUT2D eigenvalue weighted by Crippen LogP contribution is 2.30. The largest absolute Gasteiger partial charge is 0.477 e. The number of carboxylic acid groups (broad SMARTS) is 1. The Morgan fingerprint density at radius 1 is 1.67 bits per heavy atom. The number of halogens is 2. The van der Waals surface area contributed by atoms with Gasteiger partial charge in [0.1, 0.15) is 0 Å². The molecule has 1 unspecified atom stereocenters. The minimum absolute atomic E-state index is 0.260. The van der Waals surface area contributed by atoms with Crippen LogP contribution in [0.25, 0.3) is 0 Å². The Labute approximate surface area is 69.0 Å². The van der Waals surface area contributed by atoms with Gasteiger partial charge in [-0.2, -0.15) is 8.78 Å². The number of carbonyl (C=O) groups is 1. The van der Waals surface area contributed by atoms with Crippen molar-refractivity contribution in [1.29, 1.82) is 0 Å². The molecular weight excluding hydrogens is 168 g/mol. The summed E-state index contributed by atoms with van der Waals surface area (Å²) in [4.78, 5) is 11.6. The second-order valence-corrected chi connectivity index (χ2v) is 3.07. The highest BCUT2D eigenvalue weighted by molar-refractivity contribution is 5.76. The fraction of sp³-hybridized carbons (Fsp3) is 0.857. The molecule has 1 rings (SSSR count). The highest BCUT2D eigenvalue weighted by Gasteiger charge is 2.50. The van der Waals surface area contributed by atoms with Crippen LogP contribution < -0.4 is 0 Å². The van der Waals surface area contributed by atoms with E-state index < -0.39 is 17.9 Å². The lowest BCUT2D eigenvalue weighted by Gasteiger charge is -2.24. The van der Waals surface area contributed by atoms with E-state index in [1.54, 1.807) is 0 Å². The molecule has 1 saturated heterocycles. The van der Waals surface area contributed by atoms with Gasteiger partial charge in [-0.05, 0) is 26.4 Å². The lowest BCUT2D eigenvalue weighted by Crippen LogP contribution is -2.47. The highest BCUT2D eigenvalue weighted by atomic mass is 19.3. The zero-order chi connectivity index (χ0) is 9.35. The number of nitrogens with zero attached hydrogens (tertiary/aromatic N) is 1. The van der Waals surface area contributed by atoms with E-state index in [0.717, 1.165) is 0 Å². The van der Waals surface area contributed by atoms with E-state index in [1.165, 1.54) is 11.9 Å². The summed E-state index contributed by atoms with van der Waals surface area (Å²) < 4.78 is 25.7. The Kier molecular flexibility index (Phi) is 2.32. The normalized spacial score (nSPS) is 26.1. The second kappa shape index (κ2) is 2.97. The van der Waals surface area contributed by atoms with Gasteiger partial charge in [-0.25, -0.2) is 4.79 Å². The number of carboxylic acids is 1. The molecule has 5 heteroatoms. The smallest absolute Gasteiger partial charge is 0.376 e. The van der Waals surface area contributed by atoms with Gasteiger partial charge in [0.15, 0.2) is 0 Å². The molecule has 0 amide bonds. The molecule has 0 spiro atoms. The molecule has 12 heavy (non-hydrogen) atoms. The van der Waals surface area contributed by atoms with Crippen LogP contribution in [0.3, 0.4) is 0 Å². The van der Waals surface area contributed by atoms with Gasteiger partial charge in [-0.15, -0.1) is 0 Å². The Balaban J connectivity index is 2.73. The lowest BCUT2D eigenvalue weighted by molar-refractivity contribution is -0.173. The molecule has 0 aromatic rings. The zero-order valence-corrected chi connectivity index (χ0v) is 6.76. The summed E-state index contributed by atoms with van der Waals surface area (Å²) in [6.45, 7) is 0.549. The van der Waals surface area contributed by atoms with Crippen molar-refractivity contribution in [2.45, 2.75) is 24.8 Å². The van der Waals surface area contributed by atoms with Crippen molar-refractivity contribution >= 4 is 5.97 Å².